The Balaban J connectivity index is 1.89. The summed E-state index contributed by atoms with van der Waals surface area (Å²) in [4.78, 5) is 34.3. The Hall–Kier alpha value is -3.80. The number of nitrogens with one attached hydrogen (secondary N) is 1. The van der Waals surface area contributed by atoms with Crippen LogP contribution < -0.4 is 5.32 Å². The molecule has 0 aliphatic carbocycles. The van der Waals surface area contributed by atoms with Crippen molar-refractivity contribution in [3.63, 3.8) is 0 Å². The highest BCUT2D eigenvalue weighted by molar-refractivity contribution is 7.99. The minimum absolute atomic E-state index is 0.0462. The van der Waals surface area contributed by atoms with Crippen molar-refractivity contribution in [3.05, 3.63) is 74.1 Å². The lowest BCUT2D eigenvalue weighted by Gasteiger charge is -2.09. The normalized spacial score (nSPS) is 10.6. The van der Waals surface area contributed by atoms with Crippen molar-refractivity contribution >= 4 is 34.7 Å². The number of nitrogens with zero attached hydrogens (tertiary/aromatic N) is 5. The number of amides is 1. The average molecular weight is 414 g/mol. The first-order valence-corrected chi connectivity index (χ1v) is 8.95. The first-order valence-electron chi connectivity index (χ1n) is 8.13. The molecule has 0 fully saturated rings. The van der Waals surface area contributed by atoms with Gasteiger partial charge in [0.05, 0.1) is 26.0 Å². The number of hydrogen-bond acceptors (Lipinski definition) is 8. The van der Waals surface area contributed by atoms with Crippen LogP contribution in [0.1, 0.15) is 15.9 Å². The molecule has 0 saturated carbocycles. The minimum atomic E-state index is -0.619. The van der Waals surface area contributed by atoms with Crippen LogP contribution in [0.4, 0.5) is 17.1 Å². The third-order valence-electron chi connectivity index (χ3n) is 4.04. The Kier molecular flexibility index (Phi) is 5.54. The number of benzene rings is 2. The van der Waals surface area contributed by atoms with Gasteiger partial charge in [-0.05, 0) is 36.9 Å². The van der Waals surface area contributed by atoms with Crippen molar-refractivity contribution in [2.24, 2.45) is 7.05 Å². The van der Waals surface area contributed by atoms with Gasteiger partial charge in [0, 0.05) is 24.7 Å². The predicted octanol–water partition coefficient (Wildman–Crippen LogP) is 3.34. The average Bonchev–Trinajstić information content (AvgIpc) is 3.07. The van der Waals surface area contributed by atoms with Gasteiger partial charge >= 0.3 is 0 Å². The largest absolute Gasteiger partial charge is 0.321 e. The lowest BCUT2D eigenvalue weighted by molar-refractivity contribution is -0.387. The van der Waals surface area contributed by atoms with E-state index < -0.39 is 15.8 Å². The molecule has 1 heterocycles. The molecule has 0 aliphatic heterocycles. The first-order chi connectivity index (χ1) is 13.8. The van der Waals surface area contributed by atoms with E-state index in [0.717, 1.165) is 17.8 Å². The number of aromatic nitrogens is 3. The van der Waals surface area contributed by atoms with Crippen molar-refractivity contribution in [2.75, 3.05) is 5.32 Å². The van der Waals surface area contributed by atoms with Gasteiger partial charge < -0.3 is 9.88 Å². The van der Waals surface area contributed by atoms with Crippen LogP contribution in [0.5, 0.6) is 0 Å². The number of nitro benzene ring substituents is 2. The summed E-state index contributed by atoms with van der Waals surface area (Å²) >= 11 is 1.05. The van der Waals surface area contributed by atoms with E-state index >= 15 is 0 Å². The highest BCUT2D eigenvalue weighted by Gasteiger charge is 2.21. The lowest BCUT2D eigenvalue weighted by Crippen LogP contribution is -2.13. The van der Waals surface area contributed by atoms with E-state index in [-0.39, 0.29) is 28.2 Å². The van der Waals surface area contributed by atoms with Crippen LogP contribution in [0.25, 0.3) is 0 Å². The summed E-state index contributed by atoms with van der Waals surface area (Å²) in [5.74, 6) is -0.619. The molecule has 0 spiro atoms. The van der Waals surface area contributed by atoms with E-state index in [1.54, 1.807) is 11.6 Å². The number of carbonyl (C=O) groups excluding carboxylic acids is 1. The number of anilines is 1. The fourth-order valence-corrected chi connectivity index (χ4v) is 3.35. The number of hydrogen-bond donors (Lipinski definition) is 1. The highest BCUT2D eigenvalue weighted by Crippen LogP contribution is 2.34. The molecule has 148 valence electrons. The number of aryl methyl sites for hydroxylation is 1. The topological polar surface area (TPSA) is 146 Å². The highest BCUT2D eigenvalue weighted by atomic mass is 32.2. The van der Waals surface area contributed by atoms with E-state index in [4.69, 9.17) is 0 Å². The molecular formula is C17H14N6O5S. The second kappa shape index (κ2) is 8.06. The maximum Gasteiger partial charge on any atom is 0.284 e. The fourth-order valence-electron chi connectivity index (χ4n) is 2.50. The van der Waals surface area contributed by atoms with E-state index in [1.165, 1.54) is 43.6 Å². The molecule has 3 rings (SSSR count). The van der Waals surface area contributed by atoms with Crippen LogP contribution in [-0.4, -0.2) is 30.5 Å². The van der Waals surface area contributed by atoms with Gasteiger partial charge in [-0.3, -0.25) is 25.0 Å². The SMILES string of the molecule is Cc1c(NC(=O)c2ccc(Sc3nncn3C)c([N+](=O)[O-])c2)cccc1[N+](=O)[O-]. The van der Waals surface area contributed by atoms with E-state index in [0.29, 0.717) is 10.1 Å². The number of carbonyl (C=O) groups is 1. The van der Waals surface area contributed by atoms with Crippen LogP contribution in [-0.2, 0) is 7.05 Å². The summed E-state index contributed by atoms with van der Waals surface area (Å²) in [7, 11) is 1.71. The van der Waals surface area contributed by atoms with Crippen LogP contribution in [0.15, 0.2) is 52.8 Å². The lowest BCUT2D eigenvalue weighted by atomic mass is 10.1. The molecule has 0 aliphatic rings. The molecule has 0 radical (unpaired) electrons. The molecular weight excluding hydrogens is 400 g/mol. The summed E-state index contributed by atoms with van der Waals surface area (Å²) < 4.78 is 1.61. The van der Waals surface area contributed by atoms with Crippen molar-refractivity contribution in [1.82, 2.24) is 14.8 Å². The second-order valence-electron chi connectivity index (χ2n) is 5.93. The van der Waals surface area contributed by atoms with Gasteiger partial charge in [0.2, 0.25) is 0 Å². The van der Waals surface area contributed by atoms with Crippen LogP contribution in [0, 0.1) is 27.2 Å². The molecule has 0 saturated heterocycles. The van der Waals surface area contributed by atoms with Gasteiger partial charge in [0.25, 0.3) is 17.3 Å². The molecule has 29 heavy (non-hydrogen) atoms. The molecule has 11 nitrogen and oxygen atoms in total. The van der Waals surface area contributed by atoms with Gasteiger partial charge in [0.1, 0.15) is 6.33 Å². The smallest absolute Gasteiger partial charge is 0.284 e. The third-order valence-corrected chi connectivity index (χ3v) is 5.16. The van der Waals surface area contributed by atoms with E-state index in [1.807, 2.05) is 0 Å². The molecule has 3 aromatic rings. The number of rotatable bonds is 6. The Morgan fingerprint density at radius 2 is 1.86 bits per heavy atom. The summed E-state index contributed by atoms with van der Waals surface area (Å²) in [5, 5.41) is 33.1. The molecule has 2 aromatic carbocycles. The Morgan fingerprint density at radius 1 is 1.14 bits per heavy atom. The van der Waals surface area contributed by atoms with Crippen molar-refractivity contribution in [1.29, 1.82) is 0 Å². The van der Waals surface area contributed by atoms with E-state index in [9.17, 15) is 25.0 Å². The third kappa shape index (κ3) is 4.21. The summed E-state index contributed by atoms with van der Waals surface area (Å²) in [6.07, 6.45) is 1.47. The van der Waals surface area contributed by atoms with Gasteiger partial charge in [-0.25, -0.2) is 0 Å². The van der Waals surface area contributed by atoms with Crippen LogP contribution >= 0.6 is 11.8 Å². The van der Waals surface area contributed by atoms with Crippen LogP contribution in [0.3, 0.4) is 0 Å². The number of nitro groups is 2. The van der Waals surface area contributed by atoms with E-state index in [2.05, 4.69) is 15.5 Å². The van der Waals surface area contributed by atoms with Gasteiger partial charge in [-0.1, -0.05) is 6.07 Å². The molecule has 12 heteroatoms. The fraction of sp³-hybridized carbons (Fsp3) is 0.118. The first kappa shape index (κ1) is 19.9. The van der Waals surface area contributed by atoms with Crippen molar-refractivity contribution in [2.45, 2.75) is 17.0 Å². The zero-order valence-electron chi connectivity index (χ0n) is 15.2. The maximum absolute atomic E-state index is 12.6. The molecule has 1 aromatic heterocycles. The molecule has 0 atom stereocenters. The zero-order chi connectivity index (χ0) is 21.1. The zero-order valence-corrected chi connectivity index (χ0v) is 16.0. The second-order valence-corrected chi connectivity index (χ2v) is 6.94. The standard InChI is InChI=1S/C17H14N6O5S/c1-10-12(4-3-5-13(10)22(25)26)19-16(24)11-6-7-15(14(8-11)23(27)28)29-17-20-18-9-21(17)2/h3-9H,1-2H3,(H,19,24). The predicted molar refractivity (Wildman–Crippen MR) is 104 cm³/mol. The maximum atomic E-state index is 12.6. The summed E-state index contributed by atoms with van der Waals surface area (Å²) in [6.45, 7) is 1.51. The monoisotopic (exact) mass is 414 g/mol. The van der Waals surface area contributed by atoms with Crippen LogP contribution in [0.2, 0.25) is 0 Å². The van der Waals surface area contributed by atoms with Gasteiger partial charge in [-0.15, -0.1) is 10.2 Å². The minimum Gasteiger partial charge on any atom is -0.321 e. The van der Waals surface area contributed by atoms with Gasteiger partial charge in [-0.2, -0.15) is 0 Å². The summed E-state index contributed by atoms with van der Waals surface area (Å²) in [5.41, 5.74) is 0.190. The Morgan fingerprint density at radius 3 is 2.48 bits per heavy atom. The van der Waals surface area contributed by atoms with Crippen molar-refractivity contribution in [3.8, 4) is 0 Å². The van der Waals surface area contributed by atoms with Gasteiger partial charge in [0.15, 0.2) is 5.16 Å². The molecule has 0 bridgehead atoms. The Labute approximate surface area is 168 Å². The summed E-state index contributed by atoms with van der Waals surface area (Å²) in [6, 6.07) is 8.34. The quantitative estimate of drug-likeness (QED) is 0.477. The molecule has 0 unspecified atom stereocenters. The van der Waals surface area contributed by atoms with Crippen molar-refractivity contribution < 1.29 is 14.6 Å². The molecule has 1 N–H and O–H groups in total. The Bertz CT molecular complexity index is 1130. The molecule has 1 amide bonds.